The van der Waals surface area contributed by atoms with E-state index in [1.54, 1.807) is 26.4 Å². The van der Waals surface area contributed by atoms with E-state index in [1.165, 1.54) is 4.90 Å². The highest BCUT2D eigenvalue weighted by Crippen LogP contribution is 2.18. The molecule has 1 amide bonds. The highest BCUT2D eigenvalue weighted by atomic mass is 16.3. The lowest BCUT2D eigenvalue weighted by atomic mass is 10.1. The van der Waals surface area contributed by atoms with Gasteiger partial charge in [0, 0.05) is 24.8 Å². The van der Waals surface area contributed by atoms with Crippen LogP contribution in [0.15, 0.2) is 36.7 Å². The molecule has 0 saturated heterocycles. The zero-order valence-electron chi connectivity index (χ0n) is 10.5. The molecule has 0 bridgehead atoms. The van der Waals surface area contributed by atoms with E-state index in [-0.39, 0.29) is 18.6 Å². The molecule has 1 unspecified atom stereocenters. The predicted octanol–water partition coefficient (Wildman–Crippen LogP) is 1.69. The Balaban J connectivity index is 2.45. The summed E-state index contributed by atoms with van der Waals surface area (Å²) in [7, 11) is 1.69. The third kappa shape index (κ3) is 2.19. The molecule has 0 aliphatic carbocycles. The van der Waals surface area contributed by atoms with Crippen LogP contribution < -0.4 is 0 Å². The number of nitrogens with zero attached hydrogens (tertiary/aromatic N) is 2. The summed E-state index contributed by atoms with van der Waals surface area (Å²) in [5.41, 5.74) is 0.566. The summed E-state index contributed by atoms with van der Waals surface area (Å²) in [6, 6.07) is 7.43. The van der Waals surface area contributed by atoms with Gasteiger partial charge >= 0.3 is 0 Å². The van der Waals surface area contributed by atoms with Crippen LogP contribution in [0.4, 0.5) is 0 Å². The molecule has 2 aromatic rings. The van der Waals surface area contributed by atoms with E-state index >= 15 is 0 Å². The van der Waals surface area contributed by atoms with Crippen LogP contribution in [0.1, 0.15) is 17.3 Å². The van der Waals surface area contributed by atoms with Gasteiger partial charge in [0.25, 0.3) is 5.91 Å². The van der Waals surface area contributed by atoms with Crippen LogP contribution in [0.2, 0.25) is 0 Å². The number of benzene rings is 1. The van der Waals surface area contributed by atoms with E-state index in [0.717, 1.165) is 10.8 Å². The van der Waals surface area contributed by atoms with Crippen LogP contribution in [0.25, 0.3) is 10.8 Å². The maximum atomic E-state index is 12.3. The molecule has 0 saturated carbocycles. The van der Waals surface area contributed by atoms with Crippen LogP contribution in [0.5, 0.6) is 0 Å². The average molecular weight is 244 g/mol. The molecule has 0 aliphatic rings. The van der Waals surface area contributed by atoms with Gasteiger partial charge in [0.05, 0.1) is 18.2 Å². The first kappa shape index (κ1) is 12.5. The van der Waals surface area contributed by atoms with Crippen molar-refractivity contribution < 1.29 is 9.90 Å². The molecule has 1 N–H and O–H groups in total. The molecule has 1 aromatic heterocycles. The SMILES string of the molecule is CC(CO)N(C)C(=O)c1cncc2ccccc12. The van der Waals surface area contributed by atoms with Gasteiger partial charge in [-0.2, -0.15) is 0 Å². The fourth-order valence-electron chi connectivity index (χ4n) is 1.80. The lowest BCUT2D eigenvalue weighted by molar-refractivity contribution is 0.0684. The molecule has 4 heteroatoms. The molecule has 0 fully saturated rings. The molecule has 94 valence electrons. The van der Waals surface area contributed by atoms with Crippen molar-refractivity contribution in [2.24, 2.45) is 0 Å². The number of hydrogen-bond acceptors (Lipinski definition) is 3. The Morgan fingerprint density at radius 1 is 1.39 bits per heavy atom. The van der Waals surface area contributed by atoms with Crippen LogP contribution >= 0.6 is 0 Å². The van der Waals surface area contributed by atoms with Gasteiger partial charge in [0.15, 0.2) is 0 Å². The van der Waals surface area contributed by atoms with E-state index < -0.39 is 0 Å². The van der Waals surface area contributed by atoms with Crippen molar-refractivity contribution in [3.63, 3.8) is 0 Å². The maximum Gasteiger partial charge on any atom is 0.256 e. The number of fused-ring (bicyclic) bond motifs is 1. The quantitative estimate of drug-likeness (QED) is 0.893. The lowest BCUT2D eigenvalue weighted by Crippen LogP contribution is -2.37. The monoisotopic (exact) mass is 244 g/mol. The number of carbonyl (C=O) groups excluding carboxylic acids is 1. The van der Waals surface area contributed by atoms with Gasteiger partial charge in [-0.3, -0.25) is 9.78 Å². The van der Waals surface area contributed by atoms with E-state index in [9.17, 15) is 4.79 Å². The zero-order chi connectivity index (χ0) is 13.1. The van der Waals surface area contributed by atoms with Crippen molar-refractivity contribution in [2.45, 2.75) is 13.0 Å². The fourth-order valence-corrected chi connectivity index (χ4v) is 1.80. The fraction of sp³-hybridized carbons (Fsp3) is 0.286. The highest BCUT2D eigenvalue weighted by Gasteiger charge is 2.18. The summed E-state index contributed by atoms with van der Waals surface area (Å²) in [5, 5.41) is 10.9. The number of likely N-dealkylation sites (N-methyl/N-ethyl adjacent to an activating group) is 1. The molecule has 4 nitrogen and oxygen atoms in total. The summed E-state index contributed by atoms with van der Waals surface area (Å²) >= 11 is 0. The first-order valence-corrected chi connectivity index (χ1v) is 5.86. The molecule has 1 atom stereocenters. The molecule has 0 spiro atoms. The predicted molar refractivity (Wildman–Crippen MR) is 70.4 cm³/mol. The summed E-state index contributed by atoms with van der Waals surface area (Å²) in [5.74, 6) is -0.124. The number of hydrogen-bond donors (Lipinski definition) is 1. The van der Waals surface area contributed by atoms with Gasteiger partial charge in [-0.15, -0.1) is 0 Å². The minimum Gasteiger partial charge on any atom is -0.394 e. The summed E-state index contributed by atoms with van der Waals surface area (Å²) in [6.07, 6.45) is 3.31. The Labute approximate surface area is 106 Å². The smallest absolute Gasteiger partial charge is 0.256 e. The number of aliphatic hydroxyl groups excluding tert-OH is 1. The Bertz CT molecular complexity index is 563. The number of carbonyl (C=O) groups is 1. The highest BCUT2D eigenvalue weighted by molar-refractivity contribution is 6.06. The van der Waals surface area contributed by atoms with Gasteiger partial charge < -0.3 is 10.0 Å². The standard InChI is InChI=1S/C14H16N2O2/c1-10(9-17)16(2)14(18)13-8-15-7-11-5-3-4-6-12(11)13/h3-8,10,17H,9H2,1-2H3. The molecular formula is C14H16N2O2. The first-order chi connectivity index (χ1) is 8.65. The lowest BCUT2D eigenvalue weighted by Gasteiger charge is -2.23. The second kappa shape index (κ2) is 5.14. The van der Waals surface area contributed by atoms with Crippen LogP contribution in [0.3, 0.4) is 0 Å². The number of aliphatic hydroxyl groups is 1. The van der Waals surface area contributed by atoms with Crippen LogP contribution in [0, 0.1) is 0 Å². The molecule has 2 rings (SSSR count). The number of amides is 1. The van der Waals surface area contributed by atoms with Crippen molar-refractivity contribution in [3.05, 3.63) is 42.2 Å². The number of aromatic nitrogens is 1. The molecule has 1 aromatic carbocycles. The van der Waals surface area contributed by atoms with Gasteiger partial charge in [-0.25, -0.2) is 0 Å². The maximum absolute atomic E-state index is 12.3. The number of pyridine rings is 1. The molecule has 1 heterocycles. The van der Waals surface area contributed by atoms with E-state index in [4.69, 9.17) is 5.11 Å². The largest absolute Gasteiger partial charge is 0.394 e. The van der Waals surface area contributed by atoms with E-state index in [2.05, 4.69) is 4.98 Å². The number of rotatable bonds is 3. The minimum absolute atomic E-state index is 0.0551. The first-order valence-electron chi connectivity index (χ1n) is 5.86. The van der Waals surface area contributed by atoms with E-state index in [0.29, 0.717) is 5.56 Å². The topological polar surface area (TPSA) is 53.4 Å². The van der Waals surface area contributed by atoms with Gasteiger partial charge in [0.2, 0.25) is 0 Å². The third-order valence-electron chi connectivity index (χ3n) is 3.14. The van der Waals surface area contributed by atoms with Gasteiger partial charge in [0.1, 0.15) is 0 Å². The normalized spacial score (nSPS) is 12.4. The van der Waals surface area contributed by atoms with Crippen molar-refractivity contribution in [1.29, 1.82) is 0 Å². The van der Waals surface area contributed by atoms with Crippen molar-refractivity contribution in [2.75, 3.05) is 13.7 Å². The second-order valence-electron chi connectivity index (χ2n) is 4.36. The van der Waals surface area contributed by atoms with Crippen LogP contribution in [-0.4, -0.2) is 40.6 Å². The van der Waals surface area contributed by atoms with Crippen molar-refractivity contribution in [3.8, 4) is 0 Å². The average Bonchev–Trinajstić information content (AvgIpc) is 2.44. The summed E-state index contributed by atoms with van der Waals surface area (Å²) < 4.78 is 0. The molecule has 0 radical (unpaired) electrons. The third-order valence-corrected chi connectivity index (χ3v) is 3.14. The Hall–Kier alpha value is -1.94. The minimum atomic E-state index is -0.212. The Morgan fingerprint density at radius 3 is 2.83 bits per heavy atom. The van der Waals surface area contributed by atoms with Gasteiger partial charge in [-0.1, -0.05) is 24.3 Å². The van der Waals surface area contributed by atoms with Crippen molar-refractivity contribution >= 4 is 16.7 Å². The molecular weight excluding hydrogens is 228 g/mol. The summed E-state index contributed by atoms with van der Waals surface area (Å²) in [6.45, 7) is 1.75. The zero-order valence-corrected chi connectivity index (χ0v) is 10.5. The molecule has 18 heavy (non-hydrogen) atoms. The van der Waals surface area contributed by atoms with Crippen molar-refractivity contribution in [1.82, 2.24) is 9.88 Å². The van der Waals surface area contributed by atoms with E-state index in [1.807, 2.05) is 24.3 Å². The summed E-state index contributed by atoms with van der Waals surface area (Å²) in [4.78, 5) is 18.0. The molecule has 0 aliphatic heterocycles. The Morgan fingerprint density at radius 2 is 2.11 bits per heavy atom. The van der Waals surface area contributed by atoms with Crippen LogP contribution in [-0.2, 0) is 0 Å². The van der Waals surface area contributed by atoms with Gasteiger partial charge in [-0.05, 0) is 12.3 Å². The Kier molecular flexibility index (Phi) is 3.58. The second-order valence-corrected chi connectivity index (χ2v) is 4.36.